The van der Waals surface area contributed by atoms with Crippen molar-refractivity contribution in [3.8, 4) is 5.75 Å². The standard InChI is InChI=1S/C9H11O4P.C4H10O.C2H4/c1-2-5-8-6-3-4-7-9(8)13-14(10,11)12;1-3-5-4-2;1-2/h2-4,6-7H,1,5H2,(H2,10,11,12);3-4H2,1-2H3;1-2H2. The van der Waals surface area contributed by atoms with Crippen LogP contribution in [0, 0.1) is 0 Å². The summed E-state index contributed by atoms with van der Waals surface area (Å²) in [4.78, 5) is 17.3. The third kappa shape index (κ3) is 13.4. The Morgan fingerprint density at radius 1 is 1.19 bits per heavy atom. The van der Waals surface area contributed by atoms with E-state index in [0.29, 0.717) is 12.0 Å². The first-order valence-corrected chi connectivity index (χ1v) is 7.99. The Kier molecular flexibility index (Phi) is 14.2. The predicted octanol–water partition coefficient (Wildman–Crippen LogP) is 3.73. The van der Waals surface area contributed by atoms with Crippen molar-refractivity contribution >= 4 is 7.82 Å². The van der Waals surface area contributed by atoms with Crippen LogP contribution in [0.25, 0.3) is 0 Å². The van der Waals surface area contributed by atoms with Crippen molar-refractivity contribution in [3.63, 3.8) is 0 Å². The van der Waals surface area contributed by atoms with Crippen LogP contribution in [0.15, 0.2) is 50.1 Å². The number of allylic oxidation sites excluding steroid dienone is 1. The summed E-state index contributed by atoms with van der Waals surface area (Å²) in [6.07, 6.45) is 2.15. The molecule has 0 spiro atoms. The molecule has 0 aromatic heterocycles. The first-order chi connectivity index (χ1) is 9.94. The van der Waals surface area contributed by atoms with Gasteiger partial charge in [0.05, 0.1) is 0 Å². The number of rotatable bonds is 6. The van der Waals surface area contributed by atoms with E-state index >= 15 is 0 Å². The van der Waals surface area contributed by atoms with Gasteiger partial charge in [-0.25, -0.2) is 4.57 Å². The van der Waals surface area contributed by atoms with Gasteiger partial charge < -0.3 is 9.26 Å². The minimum Gasteiger partial charge on any atom is -0.404 e. The number of hydrogen-bond donors (Lipinski definition) is 2. The first kappa shape index (κ1) is 21.9. The SMILES string of the molecule is C=C.C=CCc1ccccc1OP(=O)(O)O.CCOCC. The largest absolute Gasteiger partial charge is 0.524 e. The molecule has 0 aliphatic heterocycles. The van der Waals surface area contributed by atoms with E-state index in [4.69, 9.17) is 14.5 Å². The fourth-order valence-electron chi connectivity index (χ4n) is 1.25. The van der Waals surface area contributed by atoms with Gasteiger partial charge in [-0.3, -0.25) is 9.79 Å². The van der Waals surface area contributed by atoms with E-state index in [2.05, 4.69) is 24.3 Å². The van der Waals surface area contributed by atoms with Gasteiger partial charge in [0.25, 0.3) is 0 Å². The molecule has 6 heteroatoms. The highest BCUT2D eigenvalue weighted by Crippen LogP contribution is 2.39. The van der Waals surface area contributed by atoms with Gasteiger partial charge in [-0.15, -0.1) is 19.7 Å². The fraction of sp³-hybridized carbons (Fsp3) is 0.333. The molecule has 0 fully saturated rings. The topological polar surface area (TPSA) is 76.0 Å². The molecular weight excluding hydrogens is 291 g/mol. The molecule has 0 radical (unpaired) electrons. The fourth-order valence-corrected chi connectivity index (χ4v) is 1.68. The number of para-hydroxylation sites is 1. The van der Waals surface area contributed by atoms with Gasteiger partial charge in [0.2, 0.25) is 0 Å². The van der Waals surface area contributed by atoms with Crippen molar-refractivity contribution < 1.29 is 23.6 Å². The zero-order valence-corrected chi connectivity index (χ0v) is 13.6. The van der Waals surface area contributed by atoms with Crippen LogP contribution in [0.3, 0.4) is 0 Å². The highest BCUT2D eigenvalue weighted by molar-refractivity contribution is 7.46. The molecule has 1 rings (SSSR count). The summed E-state index contributed by atoms with van der Waals surface area (Å²) in [5, 5.41) is 0. The van der Waals surface area contributed by atoms with Gasteiger partial charge in [-0.2, -0.15) is 0 Å². The molecule has 2 N–H and O–H groups in total. The summed E-state index contributed by atoms with van der Waals surface area (Å²) in [7, 11) is -4.47. The van der Waals surface area contributed by atoms with Crippen LogP contribution in [-0.4, -0.2) is 23.0 Å². The quantitative estimate of drug-likeness (QED) is 0.618. The maximum atomic E-state index is 10.6. The molecule has 5 nitrogen and oxygen atoms in total. The molecule has 21 heavy (non-hydrogen) atoms. The Morgan fingerprint density at radius 3 is 2.10 bits per heavy atom. The van der Waals surface area contributed by atoms with E-state index < -0.39 is 7.82 Å². The molecule has 0 heterocycles. The molecule has 0 saturated carbocycles. The Labute approximate surface area is 127 Å². The number of benzene rings is 1. The second-order valence-corrected chi connectivity index (χ2v) is 4.63. The zero-order valence-electron chi connectivity index (χ0n) is 12.7. The molecule has 0 bridgehead atoms. The van der Waals surface area contributed by atoms with E-state index in [0.717, 1.165) is 13.2 Å². The summed E-state index contributed by atoms with van der Waals surface area (Å²) in [6.45, 7) is 15.2. The van der Waals surface area contributed by atoms with Crippen LogP contribution in [-0.2, 0) is 15.7 Å². The van der Waals surface area contributed by atoms with Crippen LogP contribution in [0.4, 0.5) is 0 Å². The molecular formula is C15H25O5P. The summed E-state index contributed by atoms with van der Waals surface area (Å²) in [5.74, 6) is 0.195. The first-order valence-electron chi connectivity index (χ1n) is 6.46. The summed E-state index contributed by atoms with van der Waals surface area (Å²) < 4.78 is 19.9. The minimum atomic E-state index is -4.47. The number of hydrogen-bond acceptors (Lipinski definition) is 3. The monoisotopic (exact) mass is 316 g/mol. The average molecular weight is 316 g/mol. The second kappa shape index (κ2) is 13.6. The van der Waals surface area contributed by atoms with Gasteiger partial charge in [-0.05, 0) is 31.9 Å². The van der Waals surface area contributed by atoms with Crippen LogP contribution in [0.5, 0.6) is 5.75 Å². The molecule has 0 saturated heterocycles. The van der Waals surface area contributed by atoms with Crippen molar-refractivity contribution in [2.45, 2.75) is 20.3 Å². The van der Waals surface area contributed by atoms with Crippen molar-refractivity contribution in [3.05, 3.63) is 55.6 Å². The van der Waals surface area contributed by atoms with E-state index in [9.17, 15) is 4.57 Å². The van der Waals surface area contributed by atoms with Gasteiger partial charge in [0.1, 0.15) is 5.75 Å². The zero-order chi connectivity index (χ0) is 16.7. The van der Waals surface area contributed by atoms with Crippen molar-refractivity contribution in [2.75, 3.05) is 13.2 Å². The molecule has 0 unspecified atom stereocenters. The Morgan fingerprint density at radius 2 is 1.71 bits per heavy atom. The lowest BCUT2D eigenvalue weighted by Gasteiger charge is -2.09. The Bertz CT molecular complexity index is 426. The lowest BCUT2D eigenvalue weighted by atomic mass is 10.1. The molecule has 0 aliphatic rings. The third-order valence-electron chi connectivity index (χ3n) is 1.96. The molecule has 0 atom stereocenters. The van der Waals surface area contributed by atoms with E-state index in [1.165, 1.54) is 6.07 Å². The van der Waals surface area contributed by atoms with Gasteiger partial charge in [0, 0.05) is 13.2 Å². The lowest BCUT2D eigenvalue weighted by Crippen LogP contribution is -1.94. The number of phosphoric acid groups is 1. The highest BCUT2D eigenvalue weighted by Gasteiger charge is 2.17. The highest BCUT2D eigenvalue weighted by atomic mass is 31.2. The van der Waals surface area contributed by atoms with Crippen LogP contribution in [0.1, 0.15) is 19.4 Å². The van der Waals surface area contributed by atoms with Crippen LogP contribution in [0.2, 0.25) is 0 Å². The second-order valence-electron chi connectivity index (χ2n) is 3.46. The van der Waals surface area contributed by atoms with E-state index in [1.807, 2.05) is 13.8 Å². The summed E-state index contributed by atoms with van der Waals surface area (Å²) >= 11 is 0. The smallest absolute Gasteiger partial charge is 0.404 e. The molecule has 1 aromatic rings. The number of phosphoric ester groups is 1. The molecule has 1 aromatic carbocycles. The summed E-state index contributed by atoms with van der Waals surface area (Å²) in [6, 6.07) is 6.66. The van der Waals surface area contributed by atoms with Gasteiger partial charge >= 0.3 is 7.82 Å². The predicted molar refractivity (Wildman–Crippen MR) is 86.4 cm³/mol. The maximum Gasteiger partial charge on any atom is 0.524 e. The Balaban J connectivity index is 0. The van der Waals surface area contributed by atoms with Crippen LogP contribution < -0.4 is 4.52 Å². The van der Waals surface area contributed by atoms with E-state index in [1.54, 1.807) is 24.3 Å². The third-order valence-corrected chi connectivity index (χ3v) is 2.40. The van der Waals surface area contributed by atoms with Gasteiger partial charge in [-0.1, -0.05) is 24.3 Å². The normalized spacial score (nSPS) is 9.52. The molecule has 120 valence electrons. The average Bonchev–Trinajstić information content (AvgIpc) is 2.44. The summed E-state index contributed by atoms with van der Waals surface area (Å²) in [5.41, 5.74) is 0.700. The molecule has 0 amide bonds. The van der Waals surface area contributed by atoms with Crippen molar-refractivity contribution in [1.29, 1.82) is 0 Å². The number of ether oxygens (including phenoxy) is 1. The Hall–Kier alpha value is -1.39. The van der Waals surface area contributed by atoms with Crippen molar-refractivity contribution in [2.24, 2.45) is 0 Å². The lowest BCUT2D eigenvalue weighted by molar-refractivity contribution is 0.162. The van der Waals surface area contributed by atoms with E-state index in [-0.39, 0.29) is 5.75 Å². The van der Waals surface area contributed by atoms with Crippen LogP contribution >= 0.6 is 7.82 Å². The molecule has 0 aliphatic carbocycles. The minimum absolute atomic E-state index is 0.195. The van der Waals surface area contributed by atoms with Crippen molar-refractivity contribution in [1.82, 2.24) is 0 Å². The van der Waals surface area contributed by atoms with Gasteiger partial charge in [0.15, 0.2) is 0 Å². The maximum absolute atomic E-state index is 10.6.